The summed E-state index contributed by atoms with van der Waals surface area (Å²) in [7, 11) is -3.65. The van der Waals surface area contributed by atoms with E-state index < -0.39 is 10.0 Å². The second-order valence-corrected chi connectivity index (χ2v) is 6.43. The zero-order valence-corrected chi connectivity index (χ0v) is 11.3. The molecule has 0 fully saturated rings. The Balaban J connectivity index is 2.26. The molecule has 2 heterocycles. The van der Waals surface area contributed by atoms with Gasteiger partial charge in [-0.25, -0.2) is 13.1 Å². The number of thiophene rings is 1. The molecule has 0 aliphatic rings. The molecule has 2 rings (SSSR count). The maximum absolute atomic E-state index is 12.1. The highest BCUT2D eigenvalue weighted by Gasteiger charge is 2.21. The van der Waals surface area contributed by atoms with Gasteiger partial charge in [0.05, 0.1) is 11.7 Å². The van der Waals surface area contributed by atoms with Crippen LogP contribution in [0.4, 0.5) is 5.69 Å². The van der Waals surface area contributed by atoms with Gasteiger partial charge in [0.2, 0.25) is 10.0 Å². The minimum atomic E-state index is -3.65. The fourth-order valence-corrected chi connectivity index (χ4v) is 3.61. The predicted molar refractivity (Wildman–Crippen MR) is 71.7 cm³/mol. The van der Waals surface area contributed by atoms with Crippen LogP contribution in [0.5, 0.6) is 0 Å². The zero-order chi connectivity index (χ0) is 13.2. The first kappa shape index (κ1) is 13.0. The van der Waals surface area contributed by atoms with Crippen molar-refractivity contribution in [2.24, 2.45) is 0 Å². The second-order valence-electron chi connectivity index (χ2n) is 3.77. The van der Waals surface area contributed by atoms with E-state index in [4.69, 9.17) is 5.73 Å². The van der Waals surface area contributed by atoms with E-state index in [0.717, 1.165) is 4.88 Å². The van der Waals surface area contributed by atoms with Crippen LogP contribution < -0.4 is 10.5 Å². The molecule has 0 aromatic carbocycles. The summed E-state index contributed by atoms with van der Waals surface area (Å²) in [4.78, 5) is 4.74. The summed E-state index contributed by atoms with van der Waals surface area (Å²) in [5.41, 5.74) is 5.84. The summed E-state index contributed by atoms with van der Waals surface area (Å²) in [6.07, 6.45) is 2.70. The Morgan fingerprint density at radius 3 is 2.83 bits per heavy atom. The third kappa shape index (κ3) is 2.69. The molecule has 7 heteroatoms. The van der Waals surface area contributed by atoms with Gasteiger partial charge in [-0.1, -0.05) is 6.07 Å². The number of anilines is 1. The molecule has 0 amide bonds. The van der Waals surface area contributed by atoms with Gasteiger partial charge in [0.15, 0.2) is 0 Å². The number of nitrogens with two attached hydrogens (primary N) is 1. The van der Waals surface area contributed by atoms with E-state index in [0.29, 0.717) is 0 Å². The average molecular weight is 283 g/mol. The third-order valence-electron chi connectivity index (χ3n) is 2.41. The van der Waals surface area contributed by atoms with E-state index in [2.05, 4.69) is 9.71 Å². The highest BCUT2D eigenvalue weighted by molar-refractivity contribution is 7.89. The first-order valence-electron chi connectivity index (χ1n) is 5.26. The quantitative estimate of drug-likeness (QED) is 0.895. The maximum atomic E-state index is 12.1. The lowest BCUT2D eigenvalue weighted by atomic mass is 10.3. The van der Waals surface area contributed by atoms with E-state index in [1.807, 2.05) is 17.5 Å². The molecule has 0 saturated carbocycles. The molecule has 2 aromatic heterocycles. The van der Waals surface area contributed by atoms with Crippen molar-refractivity contribution >= 4 is 27.0 Å². The molecular formula is C11H13N3O2S2. The number of nitrogens with zero attached hydrogens (tertiary/aromatic N) is 1. The van der Waals surface area contributed by atoms with Gasteiger partial charge in [0, 0.05) is 17.3 Å². The van der Waals surface area contributed by atoms with Crippen LogP contribution in [0.1, 0.15) is 17.8 Å². The number of rotatable bonds is 4. The Labute approximate surface area is 110 Å². The third-order valence-corrected chi connectivity index (χ3v) is 5.05. The number of hydrogen-bond acceptors (Lipinski definition) is 5. The van der Waals surface area contributed by atoms with Gasteiger partial charge in [-0.05, 0) is 24.4 Å². The van der Waals surface area contributed by atoms with E-state index in [1.54, 1.807) is 6.92 Å². The number of nitrogen functional groups attached to an aromatic ring is 1. The van der Waals surface area contributed by atoms with Gasteiger partial charge in [-0.3, -0.25) is 4.98 Å². The molecule has 0 aliphatic carbocycles. The van der Waals surface area contributed by atoms with Crippen LogP contribution in [0, 0.1) is 0 Å². The summed E-state index contributed by atoms with van der Waals surface area (Å²) in [5, 5.41) is 1.90. The number of sulfonamides is 1. The van der Waals surface area contributed by atoms with E-state index in [1.165, 1.54) is 29.8 Å². The van der Waals surface area contributed by atoms with Crippen LogP contribution in [-0.2, 0) is 10.0 Å². The SMILES string of the molecule is CC(NS(=O)(=O)c1cnccc1N)c1cccs1. The molecule has 1 unspecified atom stereocenters. The van der Waals surface area contributed by atoms with E-state index >= 15 is 0 Å². The van der Waals surface area contributed by atoms with Gasteiger partial charge in [-0.2, -0.15) is 0 Å². The van der Waals surface area contributed by atoms with E-state index in [-0.39, 0.29) is 16.6 Å². The molecule has 96 valence electrons. The summed E-state index contributed by atoms with van der Waals surface area (Å²) in [5.74, 6) is 0. The first-order chi connectivity index (χ1) is 8.50. The van der Waals surface area contributed by atoms with Crippen LogP contribution in [-0.4, -0.2) is 13.4 Å². The molecule has 0 radical (unpaired) electrons. The Bertz CT molecular complexity index is 623. The fraction of sp³-hybridized carbons (Fsp3) is 0.182. The Kier molecular flexibility index (Phi) is 3.65. The molecule has 18 heavy (non-hydrogen) atoms. The van der Waals surface area contributed by atoms with Gasteiger partial charge < -0.3 is 5.73 Å². The van der Waals surface area contributed by atoms with Gasteiger partial charge >= 0.3 is 0 Å². The first-order valence-corrected chi connectivity index (χ1v) is 7.62. The van der Waals surface area contributed by atoms with Crippen LogP contribution in [0.2, 0.25) is 0 Å². The molecule has 5 nitrogen and oxygen atoms in total. The fourth-order valence-electron chi connectivity index (χ4n) is 1.51. The normalized spacial score (nSPS) is 13.4. The number of nitrogens with one attached hydrogen (secondary N) is 1. The summed E-state index contributed by atoms with van der Waals surface area (Å²) in [6.45, 7) is 1.79. The highest BCUT2D eigenvalue weighted by Crippen LogP contribution is 2.22. The van der Waals surface area contributed by atoms with Crippen molar-refractivity contribution in [2.45, 2.75) is 17.9 Å². The lowest BCUT2D eigenvalue weighted by molar-refractivity contribution is 0.568. The lowest BCUT2D eigenvalue weighted by Gasteiger charge is -2.13. The van der Waals surface area contributed by atoms with Crippen molar-refractivity contribution in [1.29, 1.82) is 0 Å². The van der Waals surface area contributed by atoms with Crippen molar-refractivity contribution in [3.63, 3.8) is 0 Å². The molecule has 1 atom stereocenters. The largest absolute Gasteiger partial charge is 0.398 e. The van der Waals surface area contributed by atoms with Crippen molar-refractivity contribution in [3.8, 4) is 0 Å². The zero-order valence-electron chi connectivity index (χ0n) is 9.70. The minimum Gasteiger partial charge on any atom is -0.398 e. The Morgan fingerprint density at radius 2 is 2.22 bits per heavy atom. The van der Waals surface area contributed by atoms with Crippen molar-refractivity contribution in [3.05, 3.63) is 40.8 Å². The number of aromatic nitrogens is 1. The molecule has 0 spiro atoms. The molecule has 3 N–H and O–H groups in total. The summed E-state index contributed by atoms with van der Waals surface area (Å²) in [6, 6.07) is 4.92. The predicted octanol–water partition coefficient (Wildman–Crippen LogP) is 1.76. The summed E-state index contributed by atoms with van der Waals surface area (Å²) < 4.78 is 26.8. The topological polar surface area (TPSA) is 85.1 Å². The number of hydrogen-bond donors (Lipinski definition) is 2. The smallest absolute Gasteiger partial charge is 0.244 e. The van der Waals surface area contributed by atoms with Crippen LogP contribution >= 0.6 is 11.3 Å². The van der Waals surface area contributed by atoms with Crippen LogP contribution in [0.3, 0.4) is 0 Å². The summed E-state index contributed by atoms with van der Waals surface area (Å²) >= 11 is 1.50. The molecule has 0 bridgehead atoms. The molecule has 2 aromatic rings. The van der Waals surface area contributed by atoms with Gasteiger partial charge in [-0.15, -0.1) is 11.3 Å². The number of pyridine rings is 1. The van der Waals surface area contributed by atoms with Gasteiger partial charge in [0.1, 0.15) is 4.90 Å². The van der Waals surface area contributed by atoms with E-state index in [9.17, 15) is 8.42 Å². The van der Waals surface area contributed by atoms with Gasteiger partial charge in [0.25, 0.3) is 0 Å². The Morgan fingerprint density at radius 1 is 1.44 bits per heavy atom. The monoisotopic (exact) mass is 283 g/mol. The van der Waals surface area contributed by atoms with Crippen molar-refractivity contribution in [1.82, 2.24) is 9.71 Å². The minimum absolute atomic E-state index is 0.00778. The second kappa shape index (κ2) is 5.05. The van der Waals surface area contributed by atoms with Crippen LogP contribution in [0.25, 0.3) is 0 Å². The van der Waals surface area contributed by atoms with Crippen molar-refractivity contribution < 1.29 is 8.42 Å². The maximum Gasteiger partial charge on any atom is 0.244 e. The lowest BCUT2D eigenvalue weighted by Crippen LogP contribution is -2.27. The standard InChI is InChI=1S/C11H13N3O2S2/c1-8(10-3-2-6-17-10)14-18(15,16)11-7-13-5-4-9(11)12/h2-8,14H,1H3,(H2,12,13). The average Bonchev–Trinajstić information content (AvgIpc) is 2.82. The molecular weight excluding hydrogens is 270 g/mol. The highest BCUT2D eigenvalue weighted by atomic mass is 32.2. The Hall–Kier alpha value is -1.44. The molecule has 0 saturated heterocycles. The van der Waals surface area contributed by atoms with Crippen molar-refractivity contribution in [2.75, 3.05) is 5.73 Å². The molecule has 0 aliphatic heterocycles. The van der Waals surface area contributed by atoms with Crippen LogP contribution in [0.15, 0.2) is 40.9 Å².